The van der Waals surface area contributed by atoms with Crippen LogP contribution in [0.3, 0.4) is 0 Å². The molecule has 2 aromatic carbocycles. The van der Waals surface area contributed by atoms with Crippen LogP contribution >= 0.6 is 0 Å². The molecule has 0 aromatic heterocycles. The van der Waals surface area contributed by atoms with E-state index in [-0.39, 0.29) is 23.8 Å². The normalized spacial score (nSPS) is 14.9. The fourth-order valence-corrected chi connectivity index (χ4v) is 3.56. The van der Waals surface area contributed by atoms with Gasteiger partial charge in [-0.25, -0.2) is 4.79 Å². The highest BCUT2D eigenvalue weighted by molar-refractivity contribution is 6.08. The molecule has 0 bridgehead atoms. The summed E-state index contributed by atoms with van der Waals surface area (Å²) in [5.74, 6) is -0.213. The number of nitrogens with zero attached hydrogens (tertiary/aromatic N) is 2. The third-order valence-electron chi connectivity index (χ3n) is 5.07. The van der Waals surface area contributed by atoms with Gasteiger partial charge in [0.1, 0.15) is 11.3 Å². The number of nitrogen functional groups attached to an aromatic ring is 1. The van der Waals surface area contributed by atoms with Crippen molar-refractivity contribution in [1.82, 2.24) is 0 Å². The molecule has 0 radical (unpaired) electrons. The van der Waals surface area contributed by atoms with Gasteiger partial charge in [-0.15, -0.1) is 0 Å². The van der Waals surface area contributed by atoms with Crippen molar-refractivity contribution in [2.75, 3.05) is 16.0 Å². The first kappa shape index (κ1) is 22.1. The summed E-state index contributed by atoms with van der Waals surface area (Å²) in [5, 5.41) is 14.1. The van der Waals surface area contributed by atoms with Crippen LogP contribution in [-0.2, 0) is 21.5 Å². The van der Waals surface area contributed by atoms with Crippen LogP contribution in [-0.4, -0.2) is 22.5 Å². The molecule has 1 heterocycles. The van der Waals surface area contributed by atoms with Crippen molar-refractivity contribution in [3.63, 3.8) is 0 Å². The monoisotopic (exact) mass is 426 g/mol. The molecule has 1 aliphatic heterocycles. The standard InChI is InChI=1S/C22H26N4O5/c1-21(2,3)31-20(28)24-16-9-7-6-8-13(16)12-25-17-11-18(26(29)30)15(23)10-14(17)22(4,5)19(25)27/h6-11H,12,23H2,1-5H3,(H,24,28). The van der Waals surface area contributed by atoms with Gasteiger partial charge in [-0.05, 0) is 57.9 Å². The Morgan fingerprint density at radius 3 is 2.52 bits per heavy atom. The van der Waals surface area contributed by atoms with Gasteiger partial charge >= 0.3 is 6.09 Å². The summed E-state index contributed by atoms with van der Waals surface area (Å²) in [6.45, 7) is 8.91. The van der Waals surface area contributed by atoms with Crippen molar-refractivity contribution in [3.05, 3.63) is 57.6 Å². The number of hydrogen-bond acceptors (Lipinski definition) is 6. The summed E-state index contributed by atoms with van der Waals surface area (Å²) in [6.07, 6.45) is -0.614. The van der Waals surface area contributed by atoms with E-state index in [1.54, 1.807) is 58.9 Å². The quantitative estimate of drug-likeness (QED) is 0.425. The minimum atomic E-state index is -0.897. The Balaban J connectivity index is 1.98. The number of amides is 2. The number of rotatable bonds is 4. The number of fused-ring (bicyclic) bond motifs is 1. The number of benzene rings is 2. The zero-order chi connectivity index (χ0) is 23.1. The van der Waals surface area contributed by atoms with E-state index in [9.17, 15) is 19.7 Å². The van der Waals surface area contributed by atoms with Crippen LogP contribution in [0.2, 0.25) is 0 Å². The van der Waals surface area contributed by atoms with Crippen LogP contribution in [0.5, 0.6) is 0 Å². The highest BCUT2D eigenvalue weighted by Crippen LogP contribution is 2.46. The maximum absolute atomic E-state index is 13.2. The lowest BCUT2D eigenvalue weighted by molar-refractivity contribution is -0.383. The summed E-state index contributed by atoms with van der Waals surface area (Å²) in [4.78, 5) is 37.7. The topological polar surface area (TPSA) is 128 Å². The van der Waals surface area contributed by atoms with Gasteiger partial charge in [-0.3, -0.25) is 20.2 Å². The number of para-hydroxylation sites is 1. The van der Waals surface area contributed by atoms with Gasteiger partial charge in [0.25, 0.3) is 5.69 Å². The van der Waals surface area contributed by atoms with E-state index >= 15 is 0 Å². The maximum atomic E-state index is 13.2. The predicted molar refractivity (Wildman–Crippen MR) is 118 cm³/mol. The molecule has 0 aliphatic carbocycles. The molecule has 0 unspecified atom stereocenters. The van der Waals surface area contributed by atoms with Crippen LogP contribution < -0.4 is 16.0 Å². The van der Waals surface area contributed by atoms with Crippen molar-refractivity contribution >= 4 is 34.7 Å². The van der Waals surface area contributed by atoms with E-state index < -0.39 is 22.0 Å². The van der Waals surface area contributed by atoms with Crippen molar-refractivity contribution in [2.45, 2.75) is 52.2 Å². The molecule has 0 spiro atoms. The number of carbonyl (C=O) groups is 2. The summed E-state index contributed by atoms with van der Waals surface area (Å²) < 4.78 is 5.31. The van der Waals surface area contributed by atoms with E-state index in [4.69, 9.17) is 10.5 Å². The predicted octanol–water partition coefficient (Wildman–Crippen LogP) is 4.35. The number of nitrogens with one attached hydrogen (secondary N) is 1. The molecular formula is C22H26N4O5. The van der Waals surface area contributed by atoms with Crippen LogP contribution in [0.4, 0.5) is 27.5 Å². The van der Waals surface area contributed by atoms with Gasteiger partial charge in [0.15, 0.2) is 0 Å². The van der Waals surface area contributed by atoms with E-state index in [1.165, 1.54) is 17.0 Å². The van der Waals surface area contributed by atoms with Crippen molar-refractivity contribution in [3.8, 4) is 0 Å². The zero-order valence-corrected chi connectivity index (χ0v) is 18.2. The fourth-order valence-electron chi connectivity index (χ4n) is 3.56. The molecular weight excluding hydrogens is 400 g/mol. The van der Waals surface area contributed by atoms with E-state index in [0.717, 1.165) is 0 Å². The lowest BCUT2D eigenvalue weighted by Gasteiger charge is -2.23. The molecule has 1 aliphatic rings. The van der Waals surface area contributed by atoms with Crippen LogP contribution in [0, 0.1) is 10.1 Å². The molecule has 0 saturated carbocycles. The number of hydrogen-bond donors (Lipinski definition) is 2. The fraction of sp³-hybridized carbons (Fsp3) is 0.364. The Hall–Kier alpha value is -3.62. The molecule has 3 rings (SSSR count). The SMILES string of the molecule is CC(C)(C)OC(=O)Nc1ccccc1CN1C(=O)C(C)(C)c2cc(N)c([N+](=O)[O-])cc21. The van der Waals surface area contributed by atoms with Gasteiger partial charge in [-0.2, -0.15) is 0 Å². The lowest BCUT2D eigenvalue weighted by Crippen LogP contribution is -2.36. The largest absolute Gasteiger partial charge is 0.444 e. The van der Waals surface area contributed by atoms with Crippen molar-refractivity contribution in [1.29, 1.82) is 0 Å². The first-order chi connectivity index (χ1) is 14.3. The van der Waals surface area contributed by atoms with Crippen LogP contribution in [0.1, 0.15) is 45.7 Å². The first-order valence-electron chi connectivity index (χ1n) is 9.79. The number of nitro benzene ring substituents is 1. The van der Waals surface area contributed by atoms with Crippen LogP contribution in [0.15, 0.2) is 36.4 Å². The molecule has 164 valence electrons. The zero-order valence-electron chi connectivity index (χ0n) is 18.2. The van der Waals surface area contributed by atoms with Crippen LogP contribution in [0.25, 0.3) is 0 Å². The number of nitro groups is 1. The third kappa shape index (κ3) is 4.30. The number of nitrogens with two attached hydrogens (primary N) is 1. The van der Waals surface area contributed by atoms with Gasteiger partial charge in [0, 0.05) is 11.8 Å². The Morgan fingerprint density at radius 1 is 1.26 bits per heavy atom. The van der Waals surface area contributed by atoms with Gasteiger partial charge in [0.05, 0.1) is 22.6 Å². The van der Waals surface area contributed by atoms with E-state index in [2.05, 4.69) is 5.32 Å². The second kappa shape index (κ2) is 7.57. The average molecular weight is 426 g/mol. The summed E-state index contributed by atoms with van der Waals surface area (Å²) in [6, 6.07) is 9.85. The Morgan fingerprint density at radius 2 is 1.90 bits per heavy atom. The Bertz CT molecular complexity index is 1070. The van der Waals surface area contributed by atoms with Gasteiger partial charge in [0.2, 0.25) is 5.91 Å². The second-order valence-corrected chi connectivity index (χ2v) is 8.99. The third-order valence-corrected chi connectivity index (χ3v) is 5.07. The minimum absolute atomic E-state index is 0.0125. The Kier molecular flexibility index (Phi) is 5.39. The molecule has 9 heteroatoms. The van der Waals surface area contributed by atoms with Gasteiger partial charge < -0.3 is 15.4 Å². The number of ether oxygens (including phenoxy) is 1. The maximum Gasteiger partial charge on any atom is 0.412 e. The smallest absolute Gasteiger partial charge is 0.412 e. The van der Waals surface area contributed by atoms with Crippen molar-refractivity contribution < 1.29 is 19.2 Å². The summed E-state index contributed by atoms with van der Waals surface area (Å²) in [7, 11) is 0. The molecule has 3 N–H and O–H groups in total. The lowest BCUT2D eigenvalue weighted by atomic mass is 9.86. The highest BCUT2D eigenvalue weighted by atomic mass is 16.6. The first-order valence-corrected chi connectivity index (χ1v) is 9.79. The summed E-state index contributed by atoms with van der Waals surface area (Å²) >= 11 is 0. The van der Waals surface area contributed by atoms with E-state index in [1.807, 2.05) is 0 Å². The van der Waals surface area contributed by atoms with Gasteiger partial charge in [-0.1, -0.05) is 18.2 Å². The molecule has 31 heavy (non-hydrogen) atoms. The number of anilines is 3. The molecule has 0 fully saturated rings. The van der Waals surface area contributed by atoms with E-state index in [0.29, 0.717) is 22.5 Å². The molecule has 0 saturated heterocycles. The van der Waals surface area contributed by atoms with Crippen molar-refractivity contribution in [2.24, 2.45) is 0 Å². The molecule has 9 nitrogen and oxygen atoms in total. The average Bonchev–Trinajstić information content (AvgIpc) is 2.81. The number of carbonyl (C=O) groups excluding carboxylic acids is 2. The molecule has 2 amide bonds. The highest BCUT2D eigenvalue weighted by Gasteiger charge is 2.45. The summed E-state index contributed by atoms with van der Waals surface area (Å²) in [5.41, 5.74) is 6.26. The Labute approximate surface area is 180 Å². The molecule has 0 atom stereocenters. The second-order valence-electron chi connectivity index (χ2n) is 8.99. The molecule has 2 aromatic rings. The minimum Gasteiger partial charge on any atom is -0.444 e.